The van der Waals surface area contributed by atoms with Crippen LogP contribution in [0.15, 0.2) is 29.8 Å². The number of aromatic nitrogens is 1. The van der Waals surface area contributed by atoms with Crippen LogP contribution in [0.3, 0.4) is 0 Å². The highest BCUT2D eigenvalue weighted by Crippen LogP contribution is 2.23. The molecule has 0 atom stereocenters. The van der Waals surface area contributed by atoms with Gasteiger partial charge in [0.05, 0.1) is 12.2 Å². The second-order valence-corrected chi connectivity index (χ2v) is 5.05. The Morgan fingerprint density at radius 3 is 2.88 bits per heavy atom. The number of nitrogens with two attached hydrogens (primary N) is 1. The van der Waals surface area contributed by atoms with Gasteiger partial charge in [0.1, 0.15) is 0 Å². The van der Waals surface area contributed by atoms with Gasteiger partial charge < -0.3 is 10.6 Å². The van der Waals surface area contributed by atoms with Gasteiger partial charge in [-0.05, 0) is 36.9 Å². The topological polar surface area (TPSA) is 42.2 Å². The molecule has 0 unspecified atom stereocenters. The first-order chi connectivity index (χ1) is 8.20. The molecule has 0 bridgehead atoms. The Morgan fingerprint density at radius 1 is 1.47 bits per heavy atom. The molecule has 0 fully saturated rings. The Hall–Kier alpha value is -1.55. The second-order valence-electron chi connectivity index (χ2n) is 4.02. The highest BCUT2D eigenvalue weighted by Gasteiger charge is 2.10. The van der Waals surface area contributed by atoms with E-state index >= 15 is 0 Å². The fourth-order valence-corrected chi connectivity index (χ4v) is 2.50. The third-order valence-electron chi connectivity index (χ3n) is 2.64. The summed E-state index contributed by atoms with van der Waals surface area (Å²) in [6.45, 7) is 5.89. The van der Waals surface area contributed by atoms with Gasteiger partial charge in [-0.15, -0.1) is 11.3 Å². The van der Waals surface area contributed by atoms with Gasteiger partial charge in [-0.3, -0.25) is 0 Å². The molecule has 0 amide bonds. The van der Waals surface area contributed by atoms with Crippen molar-refractivity contribution in [2.24, 2.45) is 0 Å². The second kappa shape index (κ2) is 5.19. The Balaban J connectivity index is 2.23. The SMILES string of the molecule is CCN(Cc1cccs1)c1ncc(C)cc1N. The van der Waals surface area contributed by atoms with Crippen molar-refractivity contribution in [2.75, 3.05) is 17.2 Å². The van der Waals surface area contributed by atoms with E-state index in [0.29, 0.717) is 0 Å². The van der Waals surface area contributed by atoms with E-state index in [4.69, 9.17) is 5.73 Å². The molecule has 2 aromatic heterocycles. The predicted molar refractivity (Wildman–Crippen MR) is 74.4 cm³/mol. The maximum atomic E-state index is 6.03. The number of rotatable bonds is 4. The summed E-state index contributed by atoms with van der Waals surface area (Å²) in [5.41, 5.74) is 7.87. The predicted octanol–water partition coefficient (Wildman–Crippen LogP) is 3.06. The van der Waals surface area contributed by atoms with Crippen LogP contribution in [0, 0.1) is 6.92 Å². The van der Waals surface area contributed by atoms with Crippen molar-refractivity contribution in [1.29, 1.82) is 0 Å². The summed E-state index contributed by atoms with van der Waals surface area (Å²) >= 11 is 1.76. The van der Waals surface area contributed by atoms with Crippen LogP contribution in [0.25, 0.3) is 0 Å². The van der Waals surface area contributed by atoms with E-state index in [9.17, 15) is 0 Å². The zero-order valence-electron chi connectivity index (χ0n) is 10.2. The van der Waals surface area contributed by atoms with Crippen LogP contribution < -0.4 is 10.6 Å². The minimum Gasteiger partial charge on any atom is -0.396 e. The maximum Gasteiger partial charge on any atom is 0.152 e. The molecule has 3 nitrogen and oxygen atoms in total. The molecule has 0 radical (unpaired) electrons. The highest BCUT2D eigenvalue weighted by molar-refractivity contribution is 7.09. The zero-order valence-corrected chi connectivity index (χ0v) is 11.0. The summed E-state index contributed by atoms with van der Waals surface area (Å²) in [5, 5.41) is 2.09. The third kappa shape index (κ3) is 2.77. The molecule has 2 aromatic rings. The van der Waals surface area contributed by atoms with Crippen molar-refractivity contribution in [2.45, 2.75) is 20.4 Å². The van der Waals surface area contributed by atoms with Crippen molar-refractivity contribution in [1.82, 2.24) is 4.98 Å². The summed E-state index contributed by atoms with van der Waals surface area (Å²) in [6, 6.07) is 6.18. The standard InChI is InChI=1S/C13H17N3S/c1-3-16(9-11-5-4-6-17-11)13-12(14)7-10(2)8-15-13/h4-8H,3,9,14H2,1-2H3. The average molecular weight is 247 g/mol. The number of hydrogen-bond acceptors (Lipinski definition) is 4. The Kier molecular flexibility index (Phi) is 3.64. The summed E-state index contributed by atoms with van der Waals surface area (Å²) in [6.07, 6.45) is 1.86. The lowest BCUT2D eigenvalue weighted by molar-refractivity contribution is 0.824. The number of nitrogens with zero attached hydrogens (tertiary/aromatic N) is 2. The smallest absolute Gasteiger partial charge is 0.152 e. The van der Waals surface area contributed by atoms with E-state index < -0.39 is 0 Å². The molecule has 0 aromatic carbocycles. The number of pyridine rings is 1. The first-order valence-corrected chi connectivity index (χ1v) is 6.58. The molecule has 2 N–H and O–H groups in total. The summed E-state index contributed by atoms with van der Waals surface area (Å²) < 4.78 is 0. The van der Waals surface area contributed by atoms with Crippen molar-refractivity contribution in [3.8, 4) is 0 Å². The van der Waals surface area contributed by atoms with Gasteiger partial charge in [0.2, 0.25) is 0 Å². The van der Waals surface area contributed by atoms with Gasteiger partial charge in [-0.2, -0.15) is 0 Å². The van der Waals surface area contributed by atoms with Crippen LogP contribution in [0.4, 0.5) is 11.5 Å². The van der Waals surface area contributed by atoms with E-state index in [1.807, 2.05) is 19.2 Å². The normalized spacial score (nSPS) is 10.5. The molecule has 2 rings (SSSR count). The maximum absolute atomic E-state index is 6.03. The Labute approximate surface area is 106 Å². The van der Waals surface area contributed by atoms with Gasteiger partial charge >= 0.3 is 0 Å². The van der Waals surface area contributed by atoms with E-state index in [1.165, 1.54) is 4.88 Å². The van der Waals surface area contributed by atoms with E-state index in [2.05, 4.69) is 34.3 Å². The Morgan fingerprint density at radius 2 is 2.29 bits per heavy atom. The third-order valence-corrected chi connectivity index (χ3v) is 3.50. The first-order valence-electron chi connectivity index (χ1n) is 5.70. The largest absolute Gasteiger partial charge is 0.396 e. The molecule has 0 saturated carbocycles. The zero-order chi connectivity index (χ0) is 12.3. The van der Waals surface area contributed by atoms with Crippen LogP contribution in [-0.4, -0.2) is 11.5 Å². The molecule has 0 spiro atoms. The molecular formula is C13H17N3S. The molecule has 0 aliphatic rings. The highest BCUT2D eigenvalue weighted by atomic mass is 32.1. The average Bonchev–Trinajstić information content (AvgIpc) is 2.79. The Bertz CT molecular complexity index is 479. The molecule has 0 aliphatic carbocycles. The number of hydrogen-bond donors (Lipinski definition) is 1. The van der Waals surface area contributed by atoms with Gasteiger partial charge in [-0.1, -0.05) is 6.07 Å². The van der Waals surface area contributed by atoms with Crippen LogP contribution in [0.5, 0.6) is 0 Å². The van der Waals surface area contributed by atoms with E-state index in [0.717, 1.165) is 30.2 Å². The monoisotopic (exact) mass is 247 g/mol. The summed E-state index contributed by atoms with van der Waals surface area (Å²) in [5.74, 6) is 0.881. The van der Waals surface area contributed by atoms with Crippen LogP contribution in [0.1, 0.15) is 17.4 Å². The lowest BCUT2D eigenvalue weighted by Crippen LogP contribution is -2.23. The van der Waals surface area contributed by atoms with Crippen LogP contribution >= 0.6 is 11.3 Å². The number of nitrogen functional groups attached to an aromatic ring is 1. The molecule has 4 heteroatoms. The molecular weight excluding hydrogens is 230 g/mol. The molecule has 0 saturated heterocycles. The van der Waals surface area contributed by atoms with Gasteiger partial charge in [0.15, 0.2) is 5.82 Å². The number of aryl methyl sites for hydroxylation is 1. The van der Waals surface area contributed by atoms with Gasteiger partial charge in [-0.25, -0.2) is 4.98 Å². The van der Waals surface area contributed by atoms with E-state index in [-0.39, 0.29) is 0 Å². The molecule has 90 valence electrons. The molecule has 2 heterocycles. The lowest BCUT2D eigenvalue weighted by atomic mass is 10.2. The van der Waals surface area contributed by atoms with E-state index in [1.54, 1.807) is 11.3 Å². The van der Waals surface area contributed by atoms with Crippen molar-refractivity contribution < 1.29 is 0 Å². The minimum absolute atomic E-state index is 0.753. The number of thiophene rings is 1. The van der Waals surface area contributed by atoms with Crippen molar-refractivity contribution in [3.63, 3.8) is 0 Å². The van der Waals surface area contributed by atoms with Gasteiger partial charge in [0, 0.05) is 17.6 Å². The molecule has 0 aliphatic heterocycles. The molecule has 17 heavy (non-hydrogen) atoms. The van der Waals surface area contributed by atoms with Crippen LogP contribution in [-0.2, 0) is 6.54 Å². The number of anilines is 2. The first kappa shape index (κ1) is 11.9. The van der Waals surface area contributed by atoms with Crippen LogP contribution in [0.2, 0.25) is 0 Å². The fraction of sp³-hybridized carbons (Fsp3) is 0.308. The quantitative estimate of drug-likeness (QED) is 0.903. The summed E-state index contributed by atoms with van der Waals surface area (Å²) in [7, 11) is 0. The minimum atomic E-state index is 0.753. The van der Waals surface area contributed by atoms with Gasteiger partial charge in [0.25, 0.3) is 0 Å². The van der Waals surface area contributed by atoms with Crippen molar-refractivity contribution in [3.05, 3.63) is 40.2 Å². The summed E-state index contributed by atoms with van der Waals surface area (Å²) in [4.78, 5) is 7.96. The lowest BCUT2D eigenvalue weighted by Gasteiger charge is -2.22. The fourth-order valence-electron chi connectivity index (χ4n) is 1.78. The van der Waals surface area contributed by atoms with Crippen molar-refractivity contribution >= 4 is 22.8 Å².